The second-order valence-corrected chi connectivity index (χ2v) is 4.18. The van der Waals surface area contributed by atoms with E-state index < -0.39 is 12.0 Å². The number of carbonyl (C=O) groups excluding carboxylic acids is 1. The van der Waals surface area contributed by atoms with Crippen LogP contribution in [0, 0.1) is 0 Å². The number of nitrogens with two attached hydrogens (primary N) is 1. The van der Waals surface area contributed by atoms with Crippen LogP contribution in [0.15, 0.2) is 6.07 Å². The highest BCUT2D eigenvalue weighted by atomic mass is 19.4. The molecule has 1 aromatic rings. The third-order valence-electron chi connectivity index (χ3n) is 2.33. The predicted molar refractivity (Wildman–Crippen MR) is 68.0 cm³/mol. The van der Waals surface area contributed by atoms with Gasteiger partial charge in [-0.1, -0.05) is 6.92 Å². The summed E-state index contributed by atoms with van der Waals surface area (Å²) in [4.78, 5) is 19.3. The lowest BCUT2D eigenvalue weighted by Crippen LogP contribution is -2.36. The molecule has 1 heterocycles. The van der Waals surface area contributed by atoms with E-state index in [0.29, 0.717) is 6.54 Å². The fourth-order valence-electron chi connectivity index (χ4n) is 1.39. The van der Waals surface area contributed by atoms with Crippen molar-refractivity contribution < 1.29 is 18.0 Å². The van der Waals surface area contributed by atoms with Gasteiger partial charge >= 0.3 is 6.18 Å². The molecule has 0 atom stereocenters. The molecule has 0 bridgehead atoms. The van der Waals surface area contributed by atoms with Gasteiger partial charge in [-0.15, -0.1) is 0 Å². The van der Waals surface area contributed by atoms with Gasteiger partial charge in [-0.2, -0.15) is 13.2 Å². The number of nitrogen functional groups attached to an aromatic ring is 1. The summed E-state index contributed by atoms with van der Waals surface area (Å²) in [5.74, 6) is -1.99. The highest BCUT2D eigenvalue weighted by Gasteiger charge is 2.35. The lowest BCUT2D eigenvalue weighted by Gasteiger charge is -2.19. The summed E-state index contributed by atoms with van der Waals surface area (Å²) in [5.41, 5.74) is 5.33. The first-order valence-corrected chi connectivity index (χ1v) is 5.93. The standard InChI is InChI=1S/C11H16F3N5O/c1-3-4-16-9(20)6-19(2)8-5-7(15)17-10(18-8)11(12,13)14/h5H,3-4,6H2,1-2H3,(H,16,20)(H2,15,17,18). The largest absolute Gasteiger partial charge is 0.451 e. The van der Waals surface area contributed by atoms with Crippen LogP contribution in [0.5, 0.6) is 0 Å². The third-order valence-corrected chi connectivity index (χ3v) is 2.33. The second kappa shape index (κ2) is 6.40. The normalized spacial score (nSPS) is 11.2. The minimum absolute atomic E-state index is 0.0588. The number of nitrogens with one attached hydrogen (secondary N) is 1. The summed E-state index contributed by atoms with van der Waals surface area (Å²) in [6, 6.07) is 1.18. The zero-order valence-electron chi connectivity index (χ0n) is 11.2. The van der Waals surface area contributed by atoms with Crippen molar-refractivity contribution in [1.82, 2.24) is 15.3 Å². The van der Waals surface area contributed by atoms with Crippen molar-refractivity contribution in [3.8, 4) is 0 Å². The molecule has 112 valence electrons. The number of carbonyl (C=O) groups is 1. The number of aromatic nitrogens is 2. The summed E-state index contributed by atoms with van der Waals surface area (Å²) in [7, 11) is 1.45. The quantitative estimate of drug-likeness (QED) is 0.847. The van der Waals surface area contributed by atoms with Gasteiger partial charge in [0.05, 0.1) is 6.54 Å². The van der Waals surface area contributed by atoms with E-state index in [-0.39, 0.29) is 24.1 Å². The molecule has 0 saturated carbocycles. The Morgan fingerprint density at radius 1 is 1.45 bits per heavy atom. The van der Waals surface area contributed by atoms with E-state index in [4.69, 9.17) is 5.73 Å². The van der Waals surface area contributed by atoms with Gasteiger partial charge in [0.25, 0.3) is 0 Å². The van der Waals surface area contributed by atoms with E-state index in [2.05, 4.69) is 15.3 Å². The molecule has 20 heavy (non-hydrogen) atoms. The minimum atomic E-state index is -4.69. The summed E-state index contributed by atoms with van der Waals surface area (Å²) >= 11 is 0. The van der Waals surface area contributed by atoms with Crippen molar-refractivity contribution in [3.05, 3.63) is 11.9 Å². The highest BCUT2D eigenvalue weighted by Crippen LogP contribution is 2.28. The number of hydrogen-bond donors (Lipinski definition) is 2. The summed E-state index contributed by atoms with van der Waals surface area (Å²) in [6.45, 7) is 2.28. The molecule has 9 heteroatoms. The van der Waals surface area contributed by atoms with E-state index >= 15 is 0 Å². The van der Waals surface area contributed by atoms with Crippen LogP contribution in [0.4, 0.5) is 24.8 Å². The Morgan fingerprint density at radius 2 is 2.10 bits per heavy atom. The number of hydrogen-bond acceptors (Lipinski definition) is 5. The van der Waals surface area contributed by atoms with E-state index in [1.165, 1.54) is 18.0 Å². The molecule has 0 radical (unpaired) electrons. The average molecular weight is 291 g/mol. The van der Waals surface area contributed by atoms with Crippen LogP contribution in [0.2, 0.25) is 0 Å². The first-order valence-electron chi connectivity index (χ1n) is 5.93. The highest BCUT2D eigenvalue weighted by molar-refractivity contribution is 5.80. The molecule has 0 aliphatic heterocycles. The zero-order valence-corrected chi connectivity index (χ0v) is 11.2. The Balaban J connectivity index is 2.85. The Bertz CT molecular complexity index is 478. The molecule has 1 rings (SSSR count). The van der Waals surface area contributed by atoms with Crippen molar-refractivity contribution in [2.75, 3.05) is 30.8 Å². The number of halogens is 3. The summed E-state index contributed by atoms with van der Waals surface area (Å²) in [6.07, 6.45) is -3.91. The summed E-state index contributed by atoms with van der Waals surface area (Å²) in [5, 5.41) is 2.61. The monoisotopic (exact) mass is 291 g/mol. The molecule has 0 unspecified atom stereocenters. The van der Waals surface area contributed by atoms with Crippen LogP contribution < -0.4 is 16.0 Å². The van der Waals surface area contributed by atoms with Crippen molar-refractivity contribution in [1.29, 1.82) is 0 Å². The molecule has 0 aliphatic rings. The van der Waals surface area contributed by atoms with Gasteiger partial charge < -0.3 is 16.0 Å². The van der Waals surface area contributed by atoms with E-state index in [0.717, 1.165) is 6.42 Å². The minimum Gasteiger partial charge on any atom is -0.384 e. The average Bonchev–Trinajstić information content (AvgIpc) is 2.34. The fraction of sp³-hybridized carbons (Fsp3) is 0.545. The number of amides is 1. The van der Waals surface area contributed by atoms with Gasteiger partial charge in [0.2, 0.25) is 11.7 Å². The maximum Gasteiger partial charge on any atom is 0.451 e. The number of rotatable bonds is 5. The molecular formula is C11H16F3N5O. The molecule has 6 nitrogen and oxygen atoms in total. The smallest absolute Gasteiger partial charge is 0.384 e. The van der Waals surface area contributed by atoms with Gasteiger partial charge in [0.15, 0.2) is 0 Å². The number of nitrogens with zero attached hydrogens (tertiary/aromatic N) is 3. The first kappa shape index (κ1) is 16.0. The Morgan fingerprint density at radius 3 is 2.65 bits per heavy atom. The molecule has 0 aromatic carbocycles. The van der Waals surface area contributed by atoms with E-state index in [9.17, 15) is 18.0 Å². The number of likely N-dealkylation sites (N-methyl/N-ethyl adjacent to an activating group) is 1. The van der Waals surface area contributed by atoms with E-state index in [1.54, 1.807) is 0 Å². The number of anilines is 2. The SMILES string of the molecule is CCCNC(=O)CN(C)c1cc(N)nc(C(F)(F)F)n1. The van der Waals surface area contributed by atoms with Crippen molar-refractivity contribution in [2.45, 2.75) is 19.5 Å². The molecule has 0 spiro atoms. The van der Waals surface area contributed by atoms with Crippen molar-refractivity contribution in [3.63, 3.8) is 0 Å². The Kier molecular flexibility index (Phi) is 5.12. The van der Waals surface area contributed by atoms with Crippen LogP contribution in [0.25, 0.3) is 0 Å². The van der Waals surface area contributed by atoms with E-state index in [1.807, 2.05) is 6.92 Å². The third kappa shape index (κ3) is 4.56. The number of alkyl halides is 3. The lowest BCUT2D eigenvalue weighted by molar-refractivity contribution is -0.144. The van der Waals surface area contributed by atoms with Crippen LogP contribution in [-0.2, 0) is 11.0 Å². The van der Waals surface area contributed by atoms with Gasteiger partial charge in [-0.3, -0.25) is 4.79 Å². The van der Waals surface area contributed by atoms with Gasteiger partial charge in [-0.05, 0) is 6.42 Å². The van der Waals surface area contributed by atoms with Gasteiger partial charge in [-0.25, -0.2) is 9.97 Å². The molecule has 1 aromatic heterocycles. The molecule has 1 amide bonds. The van der Waals surface area contributed by atoms with Crippen LogP contribution in [0.1, 0.15) is 19.2 Å². The van der Waals surface area contributed by atoms with Crippen LogP contribution in [0.3, 0.4) is 0 Å². The maximum absolute atomic E-state index is 12.6. The molecule has 0 saturated heterocycles. The fourth-order valence-corrected chi connectivity index (χ4v) is 1.39. The van der Waals surface area contributed by atoms with Crippen molar-refractivity contribution in [2.24, 2.45) is 0 Å². The Labute approximate surface area is 114 Å². The first-order chi connectivity index (χ1) is 9.24. The molecule has 0 fully saturated rings. The van der Waals surface area contributed by atoms with Crippen molar-refractivity contribution >= 4 is 17.5 Å². The second-order valence-electron chi connectivity index (χ2n) is 4.18. The molecule has 3 N–H and O–H groups in total. The molecular weight excluding hydrogens is 275 g/mol. The maximum atomic E-state index is 12.6. The zero-order chi connectivity index (χ0) is 15.3. The van der Waals surface area contributed by atoms with Gasteiger partial charge in [0, 0.05) is 19.7 Å². The predicted octanol–water partition coefficient (Wildman–Crippen LogP) is 1.04. The van der Waals surface area contributed by atoms with Crippen LogP contribution >= 0.6 is 0 Å². The lowest BCUT2D eigenvalue weighted by atomic mass is 10.4. The topological polar surface area (TPSA) is 84.1 Å². The van der Waals surface area contributed by atoms with Crippen LogP contribution in [-0.4, -0.2) is 36.0 Å². The van der Waals surface area contributed by atoms with Gasteiger partial charge in [0.1, 0.15) is 11.6 Å². The Hall–Kier alpha value is -2.06. The molecule has 0 aliphatic carbocycles. The summed E-state index contributed by atoms with van der Waals surface area (Å²) < 4.78 is 37.7.